The number of rotatable bonds is 3. The van der Waals surface area contributed by atoms with Gasteiger partial charge in [0.05, 0.1) is 4.90 Å². The molecule has 0 saturated heterocycles. The first-order chi connectivity index (χ1) is 7.59. The van der Waals surface area contributed by atoms with Crippen LogP contribution in [0, 0.1) is 0 Å². The van der Waals surface area contributed by atoms with E-state index in [2.05, 4.69) is 4.98 Å². The number of aromatic nitrogens is 2. The average Bonchev–Trinajstić information content (AvgIpc) is 2.65. The molecule has 6 heteroatoms. The van der Waals surface area contributed by atoms with Crippen molar-refractivity contribution in [3.8, 4) is 0 Å². The number of hydrogen-bond donors (Lipinski definition) is 0. The van der Waals surface area contributed by atoms with E-state index in [4.69, 9.17) is 0 Å². The standard InChI is InChI=1S/C10H10N2O2S2/c1-12-8-7-11-10(12)15-16(13,14)9-5-3-2-4-6-9/h2-8H,1H3. The highest BCUT2D eigenvalue weighted by atomic mass is 33.1. The lowest BCUT2D eigenvalue weighted by atomic mass is 10.4. The van der Waals surface area contributed by atoms with Crippen LogP contribution in [0.25, 0.3) is 0 Å². The molecule has 0 spiro atoms. The maximum Gasteiger partial charge on any atom is 0.237 e. The van der Waals surface area contributed by atoms with E-state index in [-0.39, 0.29) is 0 Å². The molecule has 0 amide bonds. The molecule has 2 aromatic rings. The van der Waals surface area contributed by atoms with Gasteiger partial charge >= 0.3 is 0 Å². The molecule has 0 N–H and O–H groups in total. The number of nitrogens with zero attached hydrogens (tertiary/aromatic N) is 2. The van der Waals surface area contributed by atoms with Crippen LogP contribution in [0.15, 0.2) is 52.8 Å². The Morgan fingerprint density at radius 1 is 1.25 bits per heavy atom. The molecule has 0 saturated carbocycles. The average molecular weight is 254 g/mol. The van der Waals surface area contributed by atoms with Gasteiger partial charge in [0.1, 0.15) is 0 Å². The Labute approximate surface area is 97.6 Å². The van der Waals surface area contributed by atoms with Gasteiger partial charge in [-0.15, -0.1) is 0 Å². The highest BCUT2D eigenvalue weighted by Gasteiger charge is 2.18. The molecule has 84 valence electrons. The molecule has 1 heterocycles. The summed E-state index contributed by atoms with van der Waals surface area (Å²) >= 11 is 0. The van der Waals surface area contributed by atoms with Gasteiger partial charge in [0.15, 0.2) is 5.16 Å². The van der Waals surface area contributed by atoms with Crippen molar-refractivity contribution in [1.82, 2.24) is 9.55 Å². The van der Waals surface area contributed by atoms with Crippen molar-refractivity contribution in [2.24, 2.45) is 7.05 Å². The van der Waals surface area contributed by atoms with E-state index < -0.39 is 8.87 Å². The predicted molar refractivity (Wildman–Crippen MR) is 62.7 cm³/mol. The van der Waals surface area contributed by atoms with Crippen molar-refractivity contribution >= 4 is 19.7 Å². The molecule has 0 aliphatic heterocycles. The van der Waals surface area contributed by atoms with E-state index in [1.165, 1.54) is 0 Å². The van der Waals surface area contributed by atoms with E-state index in [1.54, 1.807) is 54.3 Å². The molecular weight excluding hydrogens is 244 g/mol. The van der Waals surface area contributed by atoms with Gasteiger partial charge in [-0.3, -0.25) is 0 Å². The lowest BCUT2D eigenvalue weighted by Crippen LogP contribution is -1.98. The minimum absolute atomic E-state index is 0.294. The zero-order valence-electron chi connectivity index (χ0n) is 8.57. The van der Waals surface area contributed by atoms with Crippen molar-refractivity contribution < 1.29 is 8.42 Å². The lowest BCUT2D eigenvalue weighted by Gasteiger charge is -2.02. The van der Waals surface area contributed by atoms with Crippen LogP contribution < -0.4 is 0 Å². The van der Waals surface area contributed by atoms with Crippen molar-refractivity contribution in [3.05, 3.63) is 42.7 Å². The van der Waals surface area contributed by atoms with Crippen LogP contribution in [0.4, 0.5) is 0 Å². The Morgan fingerprint density at radius 2 is 1.94 bits per heavy atom. The van der Waals surface area contributed by atoms with Crippen LogP contribution in [0.1, 0.15) is 0 Å². The predicted octanol–water partition coefficient (Wildman–Crippen LogP) is 1.90. The first kappa shape index (κ1) is 11.2. The summed E-state index contributed by atoms with van der Waals surface area (Å²) in [5.41, 5.74) is 0. The van der Waals surface area contributed by atoms with Crippen LogP contribution in [0.3, 0.4) is 0 Å². The highest BCUT2D eigenvalue weighted by Crippen LogP contribution is 2.28. The largest absolute Gasteiger partial charge is 0.328 e. The van der Waals surface area contributed by atoms with Crippen molar-refractivity contribution in [3.63, 3.8) is 0 Å². The van der Waals surface area contributed by atoms with E-state index in [0.717, 1.165) is 10.8 Å². The summed E-state index contributed by atoms with van der Waals surface area (Å²) in [6.45, 7) is 0. The summed E-state index contributed by atoms with van der Waals surface area (Å²) in [6, 6.07) is 8.33. The number of aryl methyl sites for hydroxylation is 1. The van der Waals surface area contributed by atoms with Gasteiger partial charge in [-0.1, -0.05) is 18.2 Å². The molecule has 0 radical (unpaired) electrons. The SMILES string of the molecule is Cn1ccnc1SS(=O)(=O)c1ccccc1. The molecule has 0 aliphatic rings. The zero-order chi connectivity index (χ0) is 11.6. The molecule has 2 rings (SSSR count). The second-order valence-electron chi connectivity index (χ2n) is 3.17. The Hall–Kier alpha value is -1.27. The van der Waals surface area contributed by atoms with Crippen molar-refractivity contribution in [1.29, 1.82) is 0 Å². The highest BCUT2D eigenvalue weighted by molar-refractivity contribution is 8.72. The molecule has 1 aromatic heterocycles. The first-order valence-electron chi connectivity index (χ1n) is 4.56. The summed E-state index contributed by atoms with van der Waals surface area (Å²) in [5.74, 6) is 0. The molecule has 0 aliphatic carbocycles. The Bertz CT molecular complexity index is 576. The van der Waals surface area contributed by atoms with Gasteiger partial charge in [-0.05, 0) is 12.1 Å². The van der Waals surface area contributed by atoms with Crippen molar-refractivity contribution in [2.75, 3.05) is 0 Å². The molecule has 16 heavy (non-hydrogen) atoms. The minimum Gasteiger partial charge on any atom is -0.328 e. The fourth-order valence-corrected chi connectivity index (χ4v) is 3.92. The monoisotopic (exact) mass is 254 g/mol. The van der Waals surface area contributed by atoms with Crippen LogP contribution in [0.5, 0.6) is 0 Å². The van der Waals surface area contributed by atoms with E-state index in [9.17, 15) is 8.42 Å². The maximum atomic E-state index is 12.0. The molecular formula is C10H10N2O2S2. The summed E-state index contributed by atoms with van der Waals surface area (Å²) < 4.78 is 25.6. The maximum absolute atomic E-state index is 12.0. The number of benzene rings is 1. The van der Waals surface area contributed by atoms with E-state index in [0.29, 0.717) is 10.1 Å². The fraction of sp³-hybridized carbons (Fsp3) is 0.100. The first-order valence-corrected chi connectivity index (χ1v) is 7.38. The van der Waals surface area contributed by atoms with Gasteiger partial charge in [-0.25, -0.2) is 13.4 Å². The third-order valence-electron chi connectivity index (χ3n) is 1.99. The molecule has 1 aromatic carbocycles. The second-order valence-corrected chi connectivity index (χ2v) is 6.90. The van der Waals surface area contributed by atoms with Crippen molar-refractivity contribution in [2.45, 2.75) is 10.1 Å². The topological polar surface area (TPSA) is 52.0 Å². The third-order valence-corrected chi connectivity index (χ3v) is 5.29. The van der Waals surface area contributed by atoms with Gasteiger partial charge in [0.2, 0.25) is 8.87 Å². The lowest BCUT2D eigenvalue weighted by molar-refractivity contribution is 0.610. The molecule has 0 fully saturated rings. The normalized spacial score (nSPS) is 11.6. The van der Waals surface area contributed by atoms with Crippen LogP contribution in [-0.2, 0) is 15.9 Å². The minimum atomic E-state index is -3.37. The van der Waals surface area contributed by atoms with E-state index in [1.807, 2.05) is 0 Å². The number of hydrogen-bond acceptors (Lipinski definition) is 4. The fourth-order valence-electron chi connectivity index (χ4n) is 1.17. The van der Waals surface area contributed by atoms with Gasteiger partial charge in [-0.2, -0.15) is 0 Å². The van der Waals surface area contributed by atoms with E-state index >= 15 is 0 Å². The Balaban J connectivity index is 2.32. The van der Waals surface area contributed by atoms with Crippen LogP contribution in [0.2, 0.25) is 0 Å². The molecule has 4 nitrogen and oxygen atoms in total. The molecule has 0 atom stereocenters. The summed E-state index contributed by atoms with van der Waals surface area (Å²) in [4.78, 5) is 4.27. The number of imidazole rings is 1. The summed E-state index contributed by atoms with van der Waals surface area (Å²) in [7, 11) is -0.856. The van der Waals surface area contributed by atoms with Gasteiger partial charge < -0.3 is 4.57 Å². The Morgan fingerprint density at radius 3 is 2.50 bits per heavy atom. The molecule has 0 bridgehead atoms. The van der Waals surface area contributed by atoms with Crippen LogP contribution >= 0.6 is 10.8 Å². The van der Waals surface area contributed by atoms with Gasteiger partial charge in [0, 0.05) is 30.2 Å². The smallest absolute Gasteiger partial charge is 0.237 e. The summed E-state index contributed by atoms with van der Waals surface area (Å²) in [5, 5.41) is 0.462. The third kappa shape index (κ3) is 2.28. The van der Waals surface area contributed by atoms with Gasteiger partial charge in [0.25, 0.3) is 0 Å². The quantitative estimate of drug-likeness (QED) is 0.785. The summed E-state index contributed by atoms with van der Waals surface area (Å²) in [6.07, 6.45) is 3.28. The zero-order valence-corrected chi connectivity index (χ0v) is 10.2. The molecule has 0 unspecified atom stereocenters. The van der Waals surface area contributed by atoms with Crippen LogP contribution in [-0.4, -0.2) is 18.0 Å². The second kappa shape index (κ2) is 4.31. The Kier molecular flexibility index (Phi) is 3.02.